The van der Waals surface area contributed by atoms with E-state index in [4.69, 9.17) is 0 Å². The number of hydrogen-bond acceptors (Lipinski definition) is 3. The molecule has 2 rings (SSSR count). The molecule has 0 aliphatic heterocycles. The van der Waals surface area contributed by atoms with Gasteiger partial charge in [-0.05, 0) is 18.2 Å². The van der Waals surface area contributed by atoms with Gasteiger partial charge in [-0.3, -0.25) is 0 Å². The molecule has 1 aromatic carbocycles. The Bertz CT molecular complexity index is 598. The number of aromatic hydroxyl groups is 1. The van der Waals surface area contributed by atoms with Crippen LogP contribution in [0.3, 0.4) is 0 Å². The summed E-state index contributed by atoms with van der Waals surface area (Å²) in [5.74, 6) is -0.403. The molecule has 0 fully saturated rings. The Kier molecular flexibility index (Phi) is 2.15. The third kappa shape index (κ3) is 1.73. The molecule has 0 aliphatic rings. The van der Waals surface area contributed by atoms with E-state index < -0.39 is 23.1 Å². The van der Waals surface area contributed by atoms with Crippen molar-refractivity contribution >= 4 is 11.0 Å². The van der Waals surface area contributed by atoms with Crippen LogP contribution < -0.4 is 5.63 Å². The van der Waals surface area contributed by atoms with Gasteiger partial charge in [0.25, 0.3) is 0 Å². The molecular formula is C10H5F3O3. The molecule has 0 spiro atoms. The molecular weight excluding hydrogens is 225 g/mol. The van der Waals surface area contributed by atoms with Crippen molar-refractivity contribution in [3.8, 4) is 5.75 Å². The second kappa shape index (κ2) is 3.26. The SMILES string of the molecule is O=c1cc(O)c2ccc(C(F)(F)F)cc2o1. The number of halogens is 3. The normalized spacial score (nSPS) is 11.9. The quantitative estimate of drug-likeness (QED) is 0.707. The maximum Gasteiger partial charge on any atom is 0.416 e. The van der Waals surface area contributed by atoms with Gasteiger partial charge in [0.05, 0.1) is 17.0 Å². The molecule has 3 nitrogen and oxygen atoms in total. The molecule has 1 N–H and O–H groups in total. The Morgan fingerprint density at radius 3 is 2.50 bits per heavy atom. The van der Waals surface area contributed by atoms with Gasteiger partial charge in [0.2, 0.25) is 0 Å². The Balaban J connectivity index is 2.76. The predicted molar refractivity (Wildman–Crippen MR) is 49.2 cm³/mol. The summed E-state index contributed by atoms with van der Waals surface area (Å²) in [6, 6.07) is 3.34. The second-order valence-electron chi connectivity index (χ2n) is 3.16. The first-order chi connectivity index (χ1) is 7.38. The van der Waals surface area contributed by atoms with Gasteiger partial charge in [0, 0.05) is 0 Å². The summed E-state index contributed by atoms with van der Waals surface area (Å²) in [6.45, 7) is 0. The highest BCUT2D eigenvalue weighted by Crippen LogP contribution is 2.32. The van der Waals surface area contributed by atoms with E-state index in [1.54, 1.807) is 0 Å². The lowest BCUT2D eigenvalue weighted by Crippen LogP contribution is -2.05. The highest BCUT2D eigenvalue weighted by Gasteiger charge is 2.30. The van der Waals surface area contributed by atoms with Crippen LogP contribution in [0.1, 0.15) is 5.56 Å². The molecule has 84 valence electrons. The van der Waals surface area contributed by atoms with Crippen molar-refractivity contribution < 1.29 is 22.7 Å². The van der Waals surface area contributed by atoms with E-state index in [0.29, 0.717) is 6.07 Å². The fraction of sp³-hybridized carbons (Fsp3) is 0.100. The Labute approximate surface area is 86.7 Å². The number of rotatable bonds is 0. The first-order valence-electron chi connectivity index (χ1n) is 4.22. The summed E-state index contributed by atoms with van der Waals surface area (Å²) in [7, 11) is 0. The lowest BCUT2D eigenvalue weighted by Gasteiger charge is -2.07. The van der Waals surface area contributed by atoms with Crippen LogP contribution in [0, 0.1) is 0 Å². The first-order valence-corrected chi connectivity index (χ1v) is 4.22. The van der Waals surface area contributed by atoms with E-state index in [9.17, 15) is 23.1 Å². The van der Waals surface area contributed by atoms with Crippen LogP contribution in [-0.4, -0.2) is 5.11 Å². The number of alkyl halides is 3. The molecule has 0 bridgehead atoms. The van der Waals surface area contributed by atoms with Gasteiger partial charge in [-0.1, -0.05) is 0 Å². The molecule has 16 heavy (non-hydrogen) atoms. The van der Waals surface area contributed by atoms with Gasteiger partial charge in [-0.2, -0.15) is 13.2 Å². The largest absolute Gasteiger partial charge is 0.507 e. The molecule has 1 aromatic heterocycles. The molecule has 0 saturated heterocycles. The van der Waals surface area contributed by atoms with Crippen molar-refractivity contribution in [2.24, 2.45) is 0 Å². The topological polar surface area (TPSA) is 50.4 Å². The van der Waals surface area contributed by atoms with E-state index in [2.05, 4.69) is 4.42 Å². The molecule has 0 saturated carbocycles. The Morgan fingerprint density at radius 2 is 1.88 bits per heavy atom. The lowest BCUT2D eigenvalue weighted by molar-refractivity contribution is -0.137. The third-order valence-electron chi connectivity index (χ3n) is 2.05. The van der Waals surface area contributed by atoms with Crippen LogP contribution in [0.4, 0.5) is 13.2 Å². The monoisotopic (exact) mass is 230 g/mol. The summed E-state index contributed by atoms with van der Waals surface area (Å²) in [6.07, 6.45) is -4.52. The minimum atomic E-state index is -4.52. The van der Waals surface area contributed by atoms with E-state index in [-0.39, 0.29) is 11.0 Å². The van der Waals surface area contributed by atoms with Crippen LogP contribution in [0.2, 0.25) is 0 Å². The maximum absolute atomic E-state index is 12.3. The standard InChI is InChI=1S/C10H5F3O3/c11-10(12,13)5-1-2-6-7(14)4-9(15)16-8(6)3-5/h1-4,14H. The smallest absolute Gasteiger partial charge is 0.416 e. The van der Waals surface area contributed by atoms with Crippen LogP contribution in [0.15, 0.2) is 33.5 Å². The minimum absolute atomic E-state index is 0.0626. The van der Waals surface area contributed by atoms with Gasteiger partial charge in [0.1, 0.15) is 11.3 Å². The highest BCUT2D eigenvalue weighted by molar-refractivity contribution is 5.83. The first kappa shape index (κ1) is 10.5. The van der Waals surface area contributed by atoms with Crippen molar-refractivity contribution in [1.29, 1.82) is 0 Å². The summed E-state index contributed by atoms with van der Waals surface area (Å²) in [5, 5.41) is 9.37. The zero-order valence-corrected chi connectivity index (χ0v) is 7.71. The summed E-state index contributed by atoms with van der Waals surface area (Å²) in [4.78, 5) is 10.9. The van der Waals surface area contributed by atoms with E-state index >= 15 is 0 Å². The van der Waals surface area contributed by atoms with Crippen molar-refractivity contribution in [3.63, 3.8) is 0 Å². The van der Waals surface area contributed by atoms with Crippen molar-refractivity contribution in [2.45, 2.75) is 6.18 Å². The Hall–Kier alpha value is -1.98. The molecule has 0 unspecified atom stereocenters. The molecule has 2 aromatic rings. The van der Waals surface area contributed by atoms with Crippen LogP contribution >= 0.6 is 0 Å². The van der Waals surface area contributed by atoms with E-state index in [1.807, 2.05) is 0 Å². The third-order valence-corrected chi connectivity index (χ3v) is 2.05. The number of fused-ring (bicyclic) bond motifs is 1. The Morgan fingerprint density at radius 1 is 1.19 bits per heavy atom. The van der Waals surface area contributed by atoms with Gasteiger partial charge in [-0.15, -0.1) is 0 Å². The predicted octanol–water partition coefficient (Wildman–Crippen LogP) is 2.52. The van der Waals surface area contributed by atoms with Crippen molar-refractivity contribution in [3.05, 3.63) is 40.2 Å². The summed E-state index contributed by atoms with van der Waals surface area (Å²) < 4.78 is 41.6. The maximum atomic E-state index is 12.3. The van der Waals surface area contributed by atoms with Gasteiger partial charge in [0.15, 0.2) is 0 Å². The molecule has 0 aliphatic carbocycles. The van der Waals surface area contributed by atoms with Crippen molar-refractivity contribution in [1.82, 2.24) is 0 Å². The van der Waals surface area contributed by atoms with E-state index in [0.717, 1.165) is 18.2 Å². The fourth-order valence-corrected chi connectivity index (χ4v) is 1.32. The van der Waals surface area contributed by atoms with Crippen LogP contribution in [0.25, 0.3) is 11.0 Å². The van der Waals surface area contributed by atoms with Crippen LogP contribution in [-0.2, 0) is 6.18 Å². The molecule has 0 amide bonds. The number of benzene rings is 1. The lowest BCUT2D eigenvalue weighted by atomic mass is 10.1. The fourth-order valence-electron chi connectivity index (χ4n) is 1.32. The summed E-state index contributed by atoms with van der Waals surface area (Å²) >= 11 is 0. The minimum Gasteiger partial charge on any atom is -0.507 e. The average molecular weight is 230 g/mol. The van der Waals surface area contributed by atoms with Gasteiger partial charge in [-0.25, -0.2) is 4.79 Å². The molecule has 0 atom stereocenters. The van der Waals surface area contributed by atoms with Gasteiger partial charge < -0.3 is 9.52 Å². The zero-order chi connectivity index (χ0) is 11.9. The van der Waals surface area contributed by atoms with Crippen LogP contribution in [0.5, 0.6) is 5.75 Å². The van der Waals surface area contributed by atoms with Crippen molar-refractivity contribution in [2.75, 3.05) is 0 Å². The average Bonchev–Trinajstić information content (AvgIpc) is 2.15. The zero-order valence-electron chi connectivity index (χ0n) is 7.71. The molecule has 6 heteroatoms. The highest BCUT2D eigenvalue weighted by atomic mass is 19.4. The molecule has 0 radical (unpaired) electrons. The number of hydrogen-bond donors (Lipinski definition) is 1. The summed E-state index contributed by atoms with van der Waals surface area (Å²) in [5.41, 5.74) is -2.13. The molecule has 1 heterocycles. The van der Waals surface area contributed by atoms with E-state index in [1.165, 1.54) is 0 Å². The van der Waals surface area contributed by atoms with Gasteiger partial charge >= 0.3 is 11.8 Å². The second-order valence-corrected chi connectivity index (χ2v) is 3.16.